The molecule has 0 bridgehead atoms. The topological polar surface area (TPSA) is 25.2 Å². The van der Waals surface area contributed by atoms with Crippen LogP contribution in [0.4, 0.5) is 0 Å². The lowest BCUT2D eigenvalue weighted by atomic mass is 10.1. The zero-order valence-corrected chi connectivity index (χ0v) is 15.0. The molecule has 0 radical (unpaired) electrons. The lowest BCUT2D eigenvalue weighted by molar-refractivity contribution is 0.403. The van der Waals surface area contributed by atoms with Crippen molar-refractivity contribution in [2.45, 2.75) is 25.8 Å². The van der Waals surface area contributed by atoms with Crippen LogP contribution >= 0.6 is 23.4 Å². The third-order valence-electron chi connectivity index (χ3n) is 3.74. The number of hydrogen-bond acceptors (Lipinski definition) is 3. The summed E-state index contributed by atoms with van der Waals surface area (Å²) in [5, 5.41) is 1.72. The molecule has 0 aliphatic rings. The Kier molecular flexibility index (Phi) is 5.37. The fourth-order valence-electron chi connectivity index (χ4n) is 2.22. The van der Waals surface area contributed by atoms with Gasteiger partial charge < -0.3 is 4.57 Å². The van der Waals surface area contributed by atoms with E-state index >= 15 is 0 Å². The Morgan fingerprint density at radius 3 is 2.68 bits per heavy atom. The second kappa shape index (κ2) is 6.90. The second-order valence-corrected chi connectivity index (χ2v) is 7.23. The molecule has 118 valence electrons. The van der Waals surface area contributed by atoms with Gasteiger partial charge in [-0.15, -0.1) is 11.8 Å². The van der Waals surface area contributed by atoms with E-state index in [4.69, 9.17) is 11.6 Å². The summed E-state index contributed by atoms with van der Waals surface area (Å²) in [5.74, 6) is 0. The molecule has 1 unspecified atom stereocenters. The van der Waals surface area contributed by atoms with Crippen LogP contribution in [0.1, 0.15) is 19.4 Å². The summed E-state index contributed by atoms with van der Waals surface area (Å²) >= 11 is 7.97. The van der Waals surface area contributed by atoms with Gasteiger partial charge in [-0.2, -0.15) is 0 Å². The maximum atomic E-state index is 12.0. The third-order valence-corrected chi connectivity index (χ3v) is 5.33. The summed E-state index contributed by atoms with van der Waals surface area (Å²) < 4.78 is 1.73. The van der Waals surface area contributed by atoms with Crippen LogP contribution in [-0.2, 0) is 6.54 Å². The fourth-order valence-corrected chi connectivity index (χ4v) is 3.35. The van der Waals surface area contributed by atoms with Gasteiger partial charge in [-0.3, -0.25) is 9.69 Å². The van der Waals surface area contributed by atoms with Crippen molar-refractivity contribution in [3.05, 3.63) is 51.8 Å². The number of thioether (sulfide) groups is 1. The van der Waals surface area contributed by atoms with Crippen molar-refractivity contribution in [3.8, 4) is 0 Å². The van der Waals surface area contributed by atoms with E-state index in [1.807, 2.05) is 39.2 Å². The van der Waals surface area contributed by atoms with Gasteiger partial charge in [0, 0.05) is 22.9 Å². The summed E-state index contributed by atoms with van der Waals surface area (Å²) in [6.07, 6.45) is 0. The monoisotopic (exact) mass is 336 g/mol. The Labute approximate surface area is 140 Å². The zero-order valence-electron chi connectivity index (χ0n) is 13.4. The molecule has 2 rings (SSSR count). The van der Waals surface area contributed by atoms with Crippen LogP contribution in [0.15, 0.2) is 35.6 Å². The predicted octanol–water partition coefficient (Wildman–Crippen LogP) is 4.29. The van der Waals surface area contributed by atoms with Crippen molar-refractivity contribution >= 4 is 39.2 Å². The molecule has 0 amide bonds. The van der Waals surface area contributed by atoms with Crippen LogP contribution in [-0.4, -0.2) is 28.9 Å². The first-order valence-electron chi connectivity index (χ1n) is 7.20. The molecule has 0 saturated carbocycles. The normalized spacial score (nSPS) is 12.8. The molecule has 2 aromatic rings. The number of halogens is 1. The van der Waals surface area contributed by atoms with Crippen LogP contribution in [0.5, 0.6) is 0 Å². The van der Waals surface area contributed by atoms with Crippen molar-refractivity contribution in [2.75, 3.05) is 14.1 Å². The van der Waals surface area contributed by atoms with Crippen LogP contribution in [0.25, 0.3) is 15.8 Å². The minimum absolute atomic E-state index is 0.0674. The van der Waals surface area contributed by atoms with E-state index in [0.717, 1.165) is 21.4 Å². The molecule has 0 N–H and O–H groups in total. The molecule has 1 aromatic heterocycles. The Morgan fingerprint density at radius 2 is 2.09 bits per heavy atom. The minimum atomic E-state index is -0.0674. The van der Waals surface area contributed by atoms with Crippen LogP contribution in [0.3, 0.4) is 0 Å². The van der Waals surface area contributed by atoms with E-state index < -0.39 is 0 Å². The first-order valence-corrected chi connectivity index (χ1v) is 8.46. The highest BCUT2D eigenvalue weighted by atomic mass is 35.5. The molecule has 5 heteroatoms. The number of rotatable bonds is 5. The summed E-state index contributed by atoms with van der Waals surface area (Å²) in [7, 11) is 4.09. The predicted molar refractivity (Wildman–Crippen MR) is 98.7 cm³/mol. The van der Waals surface area contributed by atoms with Gasteiger partial charge in [0.25, 0.3) is 5.56 Å². The second-order valence-electron chi connectivity index (χ2n) is 5.41. The fraction of sp³-hybridized carbons (Fsp3) is 0.353. The SMILES string of the molecule is C=C(SC(C)N(C)C)c1ccc2c(c1)c(Cl)cc(=O)n2CC. The largest absolute Gasteiger partial charge is 0.308 e. The van der Waals surface area contributed by atoms with Crippen molar-refractivity contribution in [2.24, 2.45) is 0 Å². The van der Waals surface area contributed by atoms with Crippen molar-refractivity contribution in [3.63, 3.8) is 0 Å². The van der Waals surface area contributed by atoms with E-state index in [-0.39, 0.29) is 5.56 Å². The lowest BCUT2D eigenvalue weighted by Gasteiger charge is -2.20. The van der Waals surface area contributed by atoms with E-state index in [2.05, 4.69) is 18.4 Å². The highest BCUT2D eigenvalue weighted by molar-refractivity contribution is 8.08. The van der Waals surface area contributed by atoms with Crippen LogP contribution in [0, 0.1) is 0 Å². The maximum absolute atomic E-state index is 12.0. The van der Waals surface area contributed by atoms with Crippen molar-refractivity contribution in [1.29, 1.82) is 0 Å². The van der Waals surface area contributed by atoms with Gasteiger partial charge in [-0.05, 0) is 45.6 Å². The summed E-state index contributed by atoms with van der Waals surface area (Å²) in [5.41, 5.74) is 1.83. The minimum Gasteiger partial charge on any atom is -0.308 e. The molecular formula is C17H21ClN2OS. The number of aryl methyl sites for hydroxylation is 1. The molecule has 0 spiro atoms. The van der Waals surface area contributed by atoms with Crippen molar-refractivity contribution in [1.82, 2.24) is 9.47 Å². The zero-order chi connectivity index (χ0) is 16.4. The highest BCUT2D eigenvalue weighted by Gasteiger charge is 2.12. The first-order chi connectivity index (χ1) is 10.3. The van der Waals surface area contributed by atoms with E-state index in [1.165, 1.54) is 6.07 Å². The van der Waals surface area contributed by atoms with Gasteiger partial charge in [0.05, 0.1) is 15.9 Å². The summed E-state index contributed by atoms with van der Waals surface area (Å²) in [6.45, 7) is 8.88. The number of fused-ring (bicyclic) bond motifs is 1. The maximum Gasteiger partial charge on any atom is 0.252 e. The van der Waals surface area contributed by atoms with E-state index in [0.29, 0.717) is 16.9 Å². The number of aromatic nitrogens is 1. The lowest BCUT2D eigenvalue weighted by Crippen LogP contribution is -2.20. The molecule has 0 aliphatic carbocycles. The van der Waals surface area contributed by atoms with Gasteiger partial charge in [0.1, 0.15) is 0 Å². The Morgan fingerprint density at radius 1 is 1.41 bits per heavy atom. The number of hydrogen-bond donors (Lipinski definition) is 0. The Bertz CT molecular complexity index is 767. The average molecular weight is 337 g/mol. The standard InChI is InChI=1S/C17H21ClN2OS/c1-6-20-16-8-7-13(11(2)22-12(3)19(4)5)9-14(16)15(18)10-17(20)21/h7-10,12H,2,6H2,1,3-5H3. The van der Waals surface area contributed by atoms with Gasteiger partial charge in [0.15, 0.2) is 0 Å². The Balaban J connectivity index is 2.47. The third kappa shape index (κ3) is 3.40. The quantitative estimate of drug-likeness (QED) is 0.762. The molecule has 1 aromatic carbocycles. The molecule has 1 heterocycles. The molecule has 0 saturated heterocycles. The van der Waals surface area contributed by atoms with E-state index in [9.17, 15) is 4.79 Å². The molecule has 22 heavy (non-hydrogen) atoms. The van der Waals surface area contributed by atoms with Crippen LogP contribution in [0.2, 0.25) is 5.02 Å². The first kappa shape index (κ1) is 17.1. The number of nitrogens with zero attached hydrogens (tertiary/aromatic N) is 2. The molecule has 0 aliphatic heterocycles. The van der Waals surface area contributed by atoms with E-state index in [1.54, 1.807) is 16.3 Å². The smallest absolute Gasteiger partial charge is 0.252 e. The number of benzene rings is 1. The summed E-state index contributed by atoms with van der Waals surface area (Å²) in [4.78, 5) is 15.1. The van der Waals surface area contributed by atoms with Gasteiger partial charge in [0.2, 0.25) is 0 Å². The average Bonchev–Trinajstić information content (AvgIpc) is 2.47. The molecule has 0 fully saturated rings. The number of pyridine rings is 1. The Hall–Kier alpha value is -1.23. The van der Waals surface area contributed by atoms with Crippen LogP contribution < -0.4 is 5.56 Å². The van der Waals surface area contributed by atoms with Gasteiger partial charge in [-0.1, -0.05) is 24.2 Å². The highest BCUT2D eigenvalue weighted by Crippen LogP contribution is 2.33. The molecule has 1 atom stereocenters. The summed E-state index contributed by atoms with van der Waals surface area (Å²) in [6, 6.07) is 7.45. The van der Waals surface area contributed by atoms with Crippen molar-refractivity contribution < 1.29 is 0 Å². The van der Waals surface area contributed by atoms with Gasteiger partial charge in [-0.25, -0.2) is 0 Å². The molecule has 3 nitrogen and oxygen atoms in total. The molecular weight excluding hydrogens is 316 g/mol. The van der Waals surface area contributed by atoms with Gasteiger partial charge >= 0.3 is 0 Å².